The van der Waals surface area contributed by atoms with Crippen LogP contribution in [0.1, 0.15) is 27.7 Å². The molecule has 0 aromatic carbocycles. The van der Waals surface area contributed by atoms with E-state index in [0.717, 1.165) is 6.61 Å². The molecule has 0 aromatic heterocycles. The van der Waals surface area contributed by atoms with Crippen LogP contribution in [0.2, 0.25) is 0 Å². The molecule has 0 aliphatic heterocycles. The van der Waals surface area contributed by atoms with Gasteiger partial charge in [-0.3, -0.25) is 0 Å². The van der Waals surface area contributed by atoms with Crippen molar-refractivity contribution in [1.82, 2.24) is 5.32 Å². The summed E-state index contributed by atoms with van der Waals surface area (Å²) in [6.07, 6.45) is -0.311. The lowest BCUT2D eigenvalue weighted by molar-refractivity contribution is 0.103. The van der Waals surface area contributed by atoms with Crippen LogP contribution >= 0.6 is 0 Å². The third kappa shape index (κ3) is 5.52. The van der Waals surface area contributed by atoms with Crippen molar-refractivity contribution in [2.45, 2.75) is 45.9 Å². The zero-order valence-corrected chi connectivity index (χ0v) is 8.50. The van der Waals surface area contributed by atoms with E-state index >= 15 is 0 Å². The molecular formula is C9H21NO2. The minimum Gasteiger partial charge on any atom is -0.392 e. The highest BCUT2D eigenvalue weighted by molar-refractivity contribution is 4.70. The van der Waals surface area contributed by atoms with Gasteiger partial charge in [-0.1, -0.05) is 0 Å². The molecule has 0 bridgehead atoms. The van der Waals surface area contributed by atoms with Crippen molar-refractivity contribution in [2.75, 3.05) is 13.2 Å². The van der Waals surface area contributed by atoms with E-state index in [-0.39, 0.29) is 12.1 Å². The van der Waals surface area contributed by atoms with Crippen LogP contribution in [0.25, 0.3) is 0 Å². The molecule has 74 valence electrons. The third-order valence-electron chi connectivity index (χ3n) is 1.84. The van der Waals surface area contributed by atoms with Crippen molar-refractivity contribution < 1.29 is 9.84 Å². The molecule has 0 aromatic rings. The SMILES string of the molecule is CCOCC(C)NC(C)C(C)O. The van der Waals surface area contributed by atoms with E-state index in [9.17, 15) is 5.11 Å². The van der Waals surface area contributed by atoms with Gasteiger partial charge in [0.05, 0.1) is 12.7 Å². The van der Waals surface area contributed by atoms with Gasteiger partial charge in [-0.2, -0.15) is 0 Å². The van der Waals surface area contributed by atoms with Crippen LogP contribution in [0.3, 0.4) is 0 Å². The number of aliphatic hydroxyl groups excluding tert-OH is 1. The molecule has 12 heavy (non-hydrogen) atoms. The van der Waals surface area contributed by atoms with Gasteiger partial charge in [0.1, 0.15) is 0 Å². The molecule has 3 atom stereocenters. The number of ether oxygens (including phenoxy) is 1. The fourth-order valence-corrected chi connectivity index (χ4v) is 0.931. The van der Waals surface area contributed by atoms with Crippen LogP contribution in [0, 0.1) is 0 Å². The zero-order chi connectivity index (χ0) is 9.56. The van der Waals surface area contributed by atoms with E-state index in [4.69, 9.17) is 4.74 Å². The van der Waals surface area contributed by atoms with E-state index in [0.29, 0.717) is 12.6 Å². The molecule has 0 fully saturated rings. The largest absolute Gasteiger partial charge is 0.392 e. The Labute approximate surface area is 75.1 Å². The molecule has 0 rings (SSSR count). The first kappa shape index (κ1) is 11.9. The normalized spacial score (nSPS) is 18.8. The zero-order valence-electron chi connectivity index (χ0n) is 8.50. The maximum absolute atomic E-state index is 9.19. The van der Waals surface area contributed by atoms with Gasteiger partial charge in [0.25, 0.3) is 0 Å². The summed E-state index contributed by atoms with van der Waals surface area (Å²) in [6, 6.07) is 0.426. The monoisotopic (exact) mass is 175 g/mol. The Morgan fingerprint density at radius 2 is 1.92 bits per heavy atom. The summed E-state index contributed by atoms with van der Waals surface area (Å²) in [5, 5.41) is 12.4. The smallest absolute Gasteiger partial charge is 0.0662 e. The first-order chi connectivity index (χ1) is 5.57. The van der Waals surface area contributed by atoms with Crippen molar-refractivity contribution in [1.29, 1.82) is 0 Å². The predicted octanol–water partition coefficient (Wildman–Crippen LogP) is 0.770. The van der Waals surface area contributed by atoms with Crippen LogP contribution in [0.5, 0.6) is 0 Å². The molecule has 2 N–H and O–H groups in total. The van der Waals surface area contributed by atoms with Gasteiger partial charge >= 0.3 is 0 Å². The Hall–Kier alpha value is -0.120. The molecule has 0 spiro atoms. The second-order valence-electron chi connectivity index (χ2n) is 3.26. The maximum Gasteiger partial charge on any atom is 0.0662 e. The molecule has 3 nitrogen and oxygen atoms in total. The highest BCUT2D eigenvalue weighted by atomic mass is 16.5. The summed E-state index contributed by atoms with van der Waals surface area (Å²) in [5.74, 6) is 0. The molecule has 0 aliphatic carbocycles. The van der Waals surface area contributed by atoms with Gasteiger partial charge in [-0.05, 0) is 27.7 Å². The molecule has 0 aliphatic rings. The van der Waals surface area contributed by atoms with Crippen LogP contribution in [-0.2, 0) is 4.74 Å². The Morgan fingerprint density at radius 1 is 1.33 bits per heavy atom. The van der Waals surface area contributed by atoms with Gasteiger partial charge in [-0.15, -0.1) is 0 Å². The minimum atomic E-state index is -0.311. The van der Waals surface area contributed by atoms with E-state index in [1.165, 1.54) is 0 Å². The highest BCUT2D eigenvalue weighted by Gasteiger charge is 2.11. The van der Waals surface area contributed by atoms with Gasteiger partial charge in [0, 0.05) is 18.7 Å². The van der Waals surface area contributed by atoms with Crippen molar-refractivity contribution in [2.24, 2.45) is 0 Å². The average Bonchev–Trinajstić information content (AvgIpc) is 2.00. The molecule has 0 radical (unpaired) electrons. The fourth-order valence-electron chi connectivity index (χ4n) is 0.931. The number of aliphatic hydroxyl groups is 1. The lowest BCUT2D eigenvalue weighted by atomic mass is 10.2. The molecule has 0 saturated heterocycles. The van der Waals surface area contributed by atoms with Crippen molar-refractivity contribution in [3.8, 4) is 0 Å². The van der Waals surface area contributed by atoms with E-state index < -0.39 is 0 Å². The van der Waals surface area contributed by atoms with Crippen LogP contribution < -0.4 is 5.32 Å². The van der Waals surface area contributed by atoms with Crippen molar-refractivity contribution >= 4 is 0 Å². The summed E-state index contributed by atoms with van der Waals surface area (Å²) < 4.78 is 5.23. The number of hydrogen-bond acceptors (Lipinski definition) is 3. The Balaban J connectivity index is 3.47. The topological polar surface area (TPSA) is 41.5 Å². The number of rotatable bonds is 6. The lowest BCUT2D eigenvalue weighted by Crippen LogP contribution is -2.43. The molecular weight excluding hydrogens is 154 g/mol. The van der Waals surface area contributed by atoms with Gasteiger partial charge in [0.2, 0.25) is 0 Å². The fraction of sp³-hybridized carbons (Fsp3) is 1.00. The van der Waals surface area contributed by atoms with Crippen molar-refractivity contribution in [3.63, 3.8) is 0 Å². The molecule has 3 heteroatoms. The molecule has 3 unspecified atom stereocenters. The van der Waals surface area contributed by atoms with Gasteiger partial charge in [-0.25, -0.2) is 0 Å². The first-order valence-corrected chi connectivity index (χ1v) is 4.59. The van der Waals surface area contributed by atoms with E-state index in [1.807, 2.05) is 13.8 Å². The number of hydrogen-bond donors (Lipinski definition) is 2. The van der Waals surface area contributed by atoms with Gasteiger partial charge < -0.3 is 15.2 Å². The summed E-state index contributed by atoms with van der Waals surface area (Å²) in [6.45, 7) is 9.22. The Bertz CT molecular complexity index is 107. The average molecular weight is 175 g/mol. The summed E-state index contributed by atoms with van der Waals surface area (Å²) >= 11 is 0. The summed E-state index contributed by atoms with van der Waals surface area (Å²) in [5.41, 5.74) is 0. The summed E-state index contributed by atoms with van der Waals surface area (Å²) in [4.78, 5) is 0. The first-order valence-electron chi connectivity index (χ1n) is 4.59. The minimum absolute atomic E-state index is 0.125. The van der Waals surface area contributed by atoms with E-state index in [2.05, 4.69) is 12.2 Å². The maximum atomic E-state index is 9.19. The van der Waals surface area contributed by atoms with E-state index in [1.54, 1.807) is 6.92 Å². The van der Waals surface area contributed by atoms with Crippen LogP contribution in [0.4, 0.5) is 0 Å². The van der Waals surface area contributed by atoms with Crippen molar-refractivity contribution in [3.05, 3.63) is 0 Å². The molecule has 0 amide bonds. The van der Waals surface area contributed by atoms with Crippen LogP contribution in [0.15, 0.2) is 0 Å². The lowest BCUT2D eigenvalue weighted by Gasteiger charge is -2.21. The molecule has 0 saturated carbocycles. The summed E-state index contributed by atoms with van der Waals surface area (Å²) in [7, 11) is 0. The van der Waals surface area contributed by atoms with Crippen LogP contribution in [-0.4, -0.2) is 36.5 Å². The quantitative estimate of drug-likeness (QED) is 0.626. The standard InChI is InChI=1S/C9H21NO2/c1-5-12-6-7(2)10-8(3)9(4)11/h7-11H,5-6H2,1-4H3. The highest BCUT2D eigenvalue weighted by Crippen LogP contribution is 1.93. The Morgan fingerprint density at radius 3 is 2.33 bits per heavy atom. The second-order valence-corrected chi connectivity index (χ2v) is 3.26. The number of nitrogens with one attached hydrogen (secondary N) is 1. The van der Waals surface area contributed by atoms with Gasteiger partial charge in [0.15, 0.2) is 0 Å². The predicted molar refractivity (Wildman–Crippen MR) is 50.2 cm³/mol. The third-order valence-corrected chi connectivity index (χ3v) is 1.84. The molecule has 0 heterocycles. The Kier molecular flexibility index (Phi) is 6.34. The second kappa shape index (κ2) is 6.40.